The molecule has 6 nitrogen and oxygen atoms in total. The first-order valence-electron chi connectivity index (χ1n) is 17.0. The molecule has 0 radical (unpaired) electrons. The molecule has 0 amide bonds. The minimum Gasteiger partial charge on any atom is -0.534 e. The summed E-state index contributed by atoms with van der Waals surface area (Å²) in [4.78, 5) is 0. The van der Waals surface area contributed by atoms with E-state index in [9.17, 15) is 0 Å². The molecular formula is C41H38B2N2O4. The molecule has 242 valence electrons. The quantitative estimate of drug-likeness (QED) is 0.181. The summed E-state index contributed by atoms with van der Waals surface area (Å²) >= 11 is 0. The standard InChI is InChI=1S/C41H38B2N2O4/c1-26-39(2,3)47-42(46-26)27-16-20-29(21-17-27)44-35-14-10-8-12-31(35)33-25-38-34(24-37(33)44)32-13-9-11-15-36(32)45(38)30-22-18-28(19-23-30)43-48-40(4,5)41(6,7)49-43/h8-25H,1H2,2-7H3. The van der Waals surface area contributed by atoms with Crippen LogP contribution in [0, 0.1) is 0 Å². The van der Waals surface area contributed by atoms with E-state index in [0.717, 1.165) is 44.4 Å². The van der Waals surface area contributed by atoms with Crippen molar-refractivity contribution < 1.29 is 18.6 Å². The fraction of sp³-hybridized carbons (Fsp3) is 0.220. The first kappa shape index (κ1) is 30.3. The lowest BCUT2D eigenvalue weighted by molar-refractivity contribution is 0.00578. The Morgan fingerprint density at radius 3 is 1.35 bits per heavy atom. The third-order valence-corrected chi connectivity index (χ3v) is 10.9. The second kappa shape index (κ2) is 10.4. The predicted octanol–water partition coefficient (Wildman–Crippen LogP) is 8.21. The zero-order valence-corrected chi connectivity index (χ0v) is 28.8. The van der Waals surface area contributed by atoms with E-state index in [0.29, 0.717) is 5.76 Å². The lowest BCUT2D eigenvalue weighted by Gasteiger charge is -2.32. The molecule has 0 saturated carbocycles. The SMILES string of the molecule is C=C1OB(c2ccc(-n3c4ccccc4c4cc5c(cc43)c3ccccc3n5-c3ccc(B4OC(C)(C)C(C)(C)O4)cc3)cc2)OC1(C)C. The Morgan fingerprint density at radius 2 is 0.918 bits per heavy atom. The summed E-state index contributed by atoms with van der Waals surface area (Å²) in [5.41, 5.74) is 7.49. The van der Waals surface area contributed by atoms with Crippen LogP contribution in [-0.4, -0.2) is 40.2 Å². The smallest absolute Gasteiger partial charge is 0.534 e. The molecule has 2 aromatic heterocycles. The first-order chi connectivity index (χ1) is 23.4. The van der Waals surface area contributed by atoms with Crippen LogP contribution in [0.15, 0.2) is 122 Å². The first-order valence-corrected chi connectivity index (χ1v) is 17.0. The average Bonchev–Trinajstić information content (AvgIpc) is 3.74. The zero-order valence-electron chi connectivity index (χ0n) is 28.8. The molecule has 2 fully saturated rings. The van der Waals surface area contributed by atoms with Crippen LogP contribution in [-0.2, 0) is 18.6 Å². The second-order valence-corrected chi connectivity index (χ2v) is 14.9. The van der Waals surface area contributed by atoms with Crippen LogP contribution in [0.4, 0.5) is 0 Å². The Hall–Kier alpha value is -4.75. The van der Waals surface area contributed by atoms with E-state index < -0.39 is 19.8 Å². The maximum atomic E-state index is 6.35. The molecule has 4 heterocycles. The van der Waals surface area contributed by atoms with Gasteiger partial charge in [-0.3, -0.25) is 0 Å². The van der Waals surface area contributed by atoms with E-state index in [1.54, 1.807) is 0 Å². The van der Waals surface area contributed by atoms with Gasteiger partial charge >= 0.3 is 14.2 Å². The van der Waals surface area contributed by atoms with Crippen molar-refractivity contribution in [3.05, 3.63) is 122 Å². The fourth-order valence-corrected chi connectivity index (χ4v) is 7.29. The second-order valence-electron chi connectivity index (χ2n) is 14.9. The molecule has 0 aliphatic carbocycles. The van der Waals surface area contributed by atoms with Gasteiger partial charge in [-0.2, -0.15) is 0 Å². The van der Waals surface area contributed by atoms with Gasteiger partial charge in [0.05, 0.1) is 39.0 Å². The van der Waals surface area contributed by atoms with Crippen LogP contribution in [0.1, 0.15) is 41.5 Å². The predicted molar refractivity (Wildman–Crippen MR) is 202 cm³/mol. The van der Waals surface area contributed by atoms with Crippen LogP contribution >= 0.6 is 0 Å². The lowest BCUT2D eigenvalue weighted by atomic mass is 9.79. The molecule has 9 rings (SSSR count). The van der Waals surface area contributed by atoms with Crippen LogP contribution < -0.4 is 10.9 Å². The summed E-state index contributed by atoms with van der Waals surface area (Å²) in [7, 11) is -0.868. The average molecular weight is 644 g/mol. The minimum atomic E-state index is -0.518. The van der Waals surface area contributed by atoms with E-state index in [1.165, 1.54) is 21.5 Å². The van der Waals surface area contributed by atoms with Gasteiger partial charge in [0.2, 0.25) is 0 Å². The Kier molecular flexibility index (Phi) is 6.42. The van der Waals surface area contributed by atoms with Crippen molar-refractivity contribution in [1.82, 2.24) is 9.13 Å². The largest absolute Gasteiger partial charge is 0.563 e. The third-order valence-electron chi connectivity index (χ3n) is 10.9. The third kappa shape index (κ3) is 4.54. The van der Waals surface area contributed by atoms with Crippen molar-refractivity contribution in [2.45, 2.75) is 58.3 Å². The molecule has 2 aliphatic heterocycles. The number of hydrogen-bond acceptors (Lipinski definition) is 4. The van der Waals surface area contributed by atoms with E-state index in [-0.39, 0.29) is 11.2 Å². The van der Waals surface area contributed by atoms with Gasteiger partial charge in [0.1, 0.15) is 5.60 Å². The minimum absolute atomic E-state index is 0.388. The summed E-state index contributed by atoms with van der Waals surface area (Å²) in [6.07, 6.45) is 0. The fourth-order valence-electron chi connectivity index (χ4n) is 7.29. The van der Waals surface area contributed by atoms with Crippen molar-refractivity contribution in [3.63, 3.8) is 0 Å². The van der Waals surface area contributed by atoms with Crippen LogP contribution in [0.2, 0.25) is 0 Å². The van der Waals surface area contributed by atoms with Gasteiger partial charge in [-0.1, -0.05) is 67.2 Å². The monoisotopic (exact) mass is 644 g/mol. The van der Waals surface area contributed by atoms with Crippen molar-refractivity contribution in [1.29, 1.82) is 0 Å². The Labute approximate surface area is 287 Å². The molecule has 0 N–H and O–H groups in total. The molecule has 7 aromatic rings. The molecule has 2 saturated heterocycles. The molecule has 0 spiro atoms. The van der Waals surface area contributed by atoms with Gasteiger partial charge in [-0.15, -0.1) is 0 Å². The molecule has 0 atom stereocenters. The highest BCUT2D eigenvalue weighted by Gasteiger charge is 2.51. The zero-order chi connectivity index (χ0) is 33.9. The van der Waals surface area contributed by atoms with Gasteiger partial charge in [-0.25, -0.2) is 0 Å². The summed E-state index contributed by atoms with van der Waals surface area (Å²) in [5.74, 6) is 0.646. The number of rotatable bonds is 4. The lowest BCUT2D eigenvalue weighted by Crippen LogP contribution is -2.41. The molecule has 49 heavy (non-hydrogen) atoms. The van der Waals surface area contributed by atoms with Gasteiger partial charge < -0.3 is 27.8 Å². The van der Waals surface area contributed by atoms with E-state index in [2.05, 4.69) is 153 Å². The van der Waals surface area contributed by atoms with E-state index >= 15 is 0 Å². The molecule has 0 bridgehead atoms. The summed E-state index contributed by atoms with van der Waals surface area (Å²) < 4.78 is 29.5. The van der Waals surface area contributed by atoms with Crippen molar-refractivity contribution >= 4 is 68.8 Å². The molecular weight excluding hydrogens is 606 g/mol. The number of fused-ring (bicyclic) bond motifs is 6. The van der Waals surface area contributed by atoms with Crippen LogP contribution in [0.3, 0.4) is 0 Å². The topological polar surface area (TPSA) is 46.8 Å². The summed E-state index contributed by atoms with van der Waals surface area (Å²) in [6, 6.07) is 39.1. The van der Waals surface area contributed by atoms with Crippen LogP contribution in [0.5, 0.6) is 0 Å². The maximum Gasteiger partial charge on any atom is 0.563 e. The number of benzene rings is 5. The van der Waals surface area contributed by atoms with Gasteiger partial charge in [0.15, 0.2) is 0 Å². The number of aromatic nitrogens is 2. The van der Waals surface area contributed by atoms with Crippen LogP contribution in [0.25, 0.3) is 55.0 Å². The molecule has 0 unspecified atom stereocenters. The van der Waals surface area contributed by atoms with Gasteiger partial charge in [0, 0.05) is 32.9 Å². The number of hydrogen-bond donors (Lipinski definition) is 0. The Morgan fingerprint density at radius 1 is 0.490 bits per heavy atom. The summed E-state index contributed by atoms with van der Waals surface area (Å²) in [5, 5.41) is 4.81. The van der Waals surface area contributed by atoms with Gasteiger partial charge in [-0.05, 0) is 101 Å². The van der Waals surface area contributed by atoms with E-state index in [1.807, 2.05) is 13.8 Å². The highest BCUT2D eigenvalue weighted by Crippen LogP contribution is 2.40. The normalized spacial score (nSPS) is 18.4. The summed E-state index contributed by atoms with van der Waals surface area (Å²) in [6.45, 7) is 16.4. The highest BCUT2D eigenvalue weighted by atomic mass is 16.7. The van der Waals surface area contributed by atoms with Gasteiger partial charge in [0.25, 0.3) is 0 Å². The molecule has 2 aliphatic rings. The molecule has 5 aromatic carbocycles. The van der Waals surface area contributed by atoms with Crippen molar-refractivity contribution in [2.24, 2.45) is 0 Å². The number of nitrogens with zero attached hydrogens (tertiary/aromatic N) is 2. The molecule has 8 heteroatoms. The van der Waals surface area contributed by atoms with Crippen molar-refractivity contribution in [3.8, 4) is 11.4 Å². The maximum absolute atomic E-state index is 6.35. The van der Waals surface area contributed by atoms with E-state index in [4.69, 9.17) is 18.6 Å². The van der Waals surface area contributed by atoms with Crippen molar-refractivity contribution in [2.75, 3.05) is 0 Å². The Balaban J connectivity index is 1.18. The highest BCUT2D eigenvalue weighted by molar-refractivity contribution is 6.62. The Bertz CT molecular complexity index is 2440. The number of para-hydroxylation sites is 2.